The van der Waals surface area contributed by atoms with Gasteiger partial charge in [-0.05, 0) is 12.5 Å². The number of carboxylic acids is 1. The molecule has 1 atom stereocenters. The fraction of sp³-hybridized carbons (Fsp3) is 0.417. The van der Waals surface area contributed by atoms with Crippen LogP contribution in [-0.4, -0.2) is 30.8 Å². The highest BCUT2D eigenvalue weighted by molar-refractivity contribution is 5.78. The van der Waals surface area contributed by atoms with Crippen LogP contribution in [0.2, 0.25) is 0 Å². The number of carboxylic acid groups (broad SMARTS) is 1. The number of nitrogens with two attached hydrogens (primary N) is 1. The van der Waals surface area contributed by atoms with Crippen molar-refractivity contribution in [3.8, 4) is 11.5 Å². The van der Waals surface area contributed by atoms with Crippen LogP contribution in [0, 0.1) is 6.92 Å². The molecule has 0 aliphatic carbocycles. The van der Waals surface area contributed by atoms with Gasteiger partial charge in [-0.3, -0.25) is 4.79 Å². The predicted molar refractivity (Wildman–Crippen MR) is 61.6 cm³/mol. The molecule has 5 nitrogen and oxygen atoms in total. The fourth-order valence-electron chi connectivity index (χ4n) is 1.93. The van der Waals surface area contributed by atoms with Gasteiger partial charge >= 0.3 is 5.97 Å². The van der Waals surface area contributed by atoms with Crippen molar-refractivity contribution < 1.29 is 19.4 Å². The number of carbonyl (C=O) groups is 1. The molecule has 5 heteroatoms. The zero-order chi connectivity index (χ0) is 12.4. The zero-order valence-corrected chi connectivity index (χ0v) is 9.60. The molecule has 0 amide bonds. The molecule has 1 aliphatic rings. The topological polar surface area (TPSA) is 81.8 Å². The summed E-state index contributed by atoms with van der Waals surface area (Å²) in [6, 6.07) is 3.57. The van der Waals surface area contributed by atoms with Crippen molar-refractivity contribution in [2.24, 2.45) is 5.73 Å². The summed E-state index contributed by atoms with van der Waals surface area (Å²) >= 11 is 0. The summed E-state index contributed by atoms with van der Waals surface area (Å²) in [5.74, 6) is -0.554. The van der Waals surface area contributed by atoms with Gasteiger partial charge in [0.15, 0.2) is 11.5 Å². The van der Waals surface area contributed by atoms with Crippen molar-refractivity contribution in [2.45, 2.75) is 12.8 Å². The molecule has 0 spiro atoms. The Morgan fingerprint density at radius 2 is 2.06 bits per heavy atom. The van der Waals surface area contributed by atoms with Crippen molar-refractivity contribution in [1.82, 2.24) is 0 Å². The van der Waals surface area contributed by atoms with Crippen LogP contribution < -0.4 is 15.2 Å². The molecule has 92 valence electrons. The highest BCUT2D eigenvalue weighted by Crippen LogP contribution is 2.40. The van der Waals surface area contributed by atoms with Crippen molar-refractivity contribution in [3.63, 3.8) is 0 Å². The van der Waals surface area contributed by atoms with Gasteiger partial charge in [-0.25, -0.2) is 0 Å². The Hall–Kier alpha value is -1.75. The maximum absolute atomic E-state index is 11.1. The molecule has 0 fully saturated rings. The predicted octanol–water partition coefficient (Wildman–Crippen LogP) is 0.893. The van der Waals surface area contributed by atoms with Crippen molar-refractivity contribution in [1.29, 1.82) is 0 Å². The lowest BCUT2D eigenvalue weighted by molar-refractivity contribution is -0.138. The number of fused-ring (bicyclic) bond motifs is 1. The van der Waals surface area contributed by atoms with Crippen LogP contribution >= 0.6 is 0 Å². The molecule has 1 unspecified atom stereocenters. The van der Waals surface area contributed by atoms with Gasteiger partial charge in [-0.1, -0.05) is 12.1 Å². The first-order valence-corrected chi connectivity index (χ1v) is 5.47. The molecule has 1 aromatic carbocycles. The van der Waals surface area contributed by atoms with Gasteiger partial charge in [0.1, 0.15) is 13.2 Å². The number of aliphatic carboxylic acids is 1. The highest BCUT2D eigenvalue weighted by atomic mass is 16.6. The van der Waals surface area contributed by atoms with Crippen molar-refractivity contribution in [2.75, 3.05) is 19.8 Å². The average Bonchev–Trinajstić information content (AvgIpc) is 2.33. The van der Waals surface area contributed by atoms with E-state index in [0.29, 0.717) is 30.3 Å². The molecular formula is C12H15NO4. The van der Waals surface area contributed by atoms with Gasteiger partial charge in [0.2, 0.25) is 0 Å². The van der Waals surface area contributed by atoms with Crippen molar-refractivity contribution in [3.05, 3.63) is 23.3 Å². The van der Waals surface area contributed by atoms with Gasteiger partial charge in [0.05, 0.1) is 5.92 Å². The summed E-state index contributed by atoms with van der Waals surface area (Å²) in [5, 5.41) is 9.12. The van der Waals surface area contributed by atoms with Gasteiger partial charge in [-0.2, -0.15) is 0 Å². The average molecular weight is 237 g/mol. The molecule has 1 aromatic rings. The minimum absolute atomic E-state index is 0.0359. The number of hydrogen-bond donors (Lipinski definition) is 2. The Morgan fingerprint density at radius 1 is 1.41 bits per heavy atom. The second-order valence-corrected chi connectivity index (χ2v) is 3.95. The van der Waals surface area contributed by atoms with E-state index in [1.165, 1.54) is 0 Å². The summed E-state index contributed by atoms with van der Waals surface area (Å²) in [6.45, 7) is 2.85. The van der Waals surface area contributed by atoms with E-state index in [1.807, 2.05) is 13.0 Å². The summed E-state index contributed by atoms with van der Waals surface area (Å²) in [4.78, 5) is 11.1. The Morgan fingerprint density at radius 3 is 2.65 bits per heavy atom. The molecule has 17 heavy (non-hydrogen) atoms. The van der Waals surface area contributed by atoms with Crippen LogP contribution in [0.3, 0.4) is 0 Å². The second-order valence-electron chi connectivity index (χ2n) is 3.95. The molecule has 0 radical (unpaired) electrons. The Labute approximate surface area is 99.1 Å². The van der Waals surface area contributed by atoms with E-state index >= 15 is 0 Å². The Kier molecular flexibility index (Phi) is 3.19. The minimum atomic E-state index is -0.951. The standard InChI is InChI=1S/C12H15NO4/c1-7-2-3-8(9(6-13)12(14)15)11-10(7)16-4-5-17-11/h2-3,9H,4-6,13H2,1H3,(H,14,15). The first kappa shape index (κ1) is 11.7. The Bertz CT molecular complexity index is 444. The van der Waals surface area contributed by atoms with Crippen LogP contribution in [0.25, 0.3) is 0 Å². The van der Waals surface area contributed by atoms with Gasteiger partial charge in [-0.15, -0.1) is 0 Å². The third-order valence-electron chi connectivity index (χ3n) is 2.82. The van der Waals surface area contributed by atoms with E-state index in [2.05, 4.69) is 0 Å². The van der Waals surface area contributed by atoms with E-state index in [4.69, 9.17) is 20.3 Å². The van der Waals surface area contributed by atoms with E-state index in [1.54, 1.807) is 6.07 Å². The summed E-state index contributed by atoms with van der Waals surface area (Å²) in [6.07, 6.45) is 0. The molecule has 0 bridgehead atoms. The maximum atomic E-state index is 11.1. The summed E-state index contributed by atoms with van der Waals surface area (Å²) in [5.41, 5.74) is 7.02. The Balaban J connectivity index is 2.51. The van der Waals surface area contributed by atoms with Gasteiger partial charge < -0.3 is 20.3 Å². The summed E-state index contributed by atoms with van der Waals surface area (Å²) in [7, 11) is 0. The van der Waals surface area contributed by atoms with Crippen molar-refractivity contribution >= 4 is 5.97 Å². The molecular weight excluding hydrogens is 222 g/mol. The SMILES string of the molecule is Cc1ccc(C(CN)C(=O)O)c2c1OCCO2. The third-order valence-corrected chi connectivity index (χ3v) is 2.82. The number of hydrogen-bond acceptors (Lipinski definition) is 4. The number of ether oxygens (including phenoxy) is 2. The first-order valence-electron chi connectivity index (χ1n) is 5.47. The number of aryl methyl sites for hydroxylation is 1. The smallest absolute Gasteiger partial charge is 0.312 e. The molecule has 2 rings (SSSR count). The largest absolute Gasteiger partial charge is 0.486 e. The van der Waals surface area contributed by atoms with E-state index in [9.17, 15) is 4.79 Å². The second kappa shape index (κ2) is 4.63. The maximum Gasteiger partial charge on any atom is 0.312 e. The summed E-state index contributed by atoms with van der Waals surface area (Å²) < 4.78 is 11.0. The molecule has 0 saturated heterocycles. The lowest BCUT2D eigenvalue weighted by Crippen LogP contribution is -2.24. The lowest BCUT2D eigenvalue weighted by atomic mass is 9.96. The highest BCUT2D eigenvalue weighted by Gasteiger charge is 2.27. The third kappa shape index (κ3) is 2.06. The van der Waals surface area contributed by atoms with Gasteiger partial charge in [0, 0.05) is 12.1 Å². The zero-order valence-electron chi connectivity index (χ0n) is 9.60. The monoisotopic (exact) mass is 237 g/mol. The number of benzene rings is 1. The molecule has 3 N–H and O–H groups in total. The fourth-order valence-corrected chi connectivity index (χ4v) is 1.93. The molecule has 0 aromatic heterocycles. The van der Waals surface area contributed by atoms with Crippen LogP contribution in [0.4, 0.5) is 0 Å². The van der Waals surface area contributed by atoms with Crippen LogP contribution in [0.5, 0.6) is 11.5 Å². The van der Waals surface area contributed by atoms with E-state index < -0.39 is 11.9 Å². The number of rotatable bonds is 3. The van der Waals surface area contributed by atoms with Crippen LogP contribution in [-0.2, 0) is 4.79 Å². The molecule has 1 heterocycles. The molecule has 1 aliphatic heterocycles. The lowest BCUT2D eigenvalue weighted by Gasteiger charge is -2.24. The quantitative estimate of drug-likeness (QED) is 0.816. The molecule has 0 saturated carbocycles. The van der Waals surface area contributed by atoms with Crippen LogP contribution in [0.15, 0.2) is 12.1 Å². The first-order chi connectivity index (χ1) is 8.15. The van der Waals surface area contributed by atoms with Gasteiger partial charge in [0.25, 0.3) is 0 Å². The normalized spacial score (nSPS) is 15.4. The van der Waals surface area contributed by atoms with Crippen LogP contribution in [0.1, 0.15) is 17.0 Å². The van der Waals surface area contributed by atoms with E-state index in [0.717, 1.165) is 5.56 Å². The minimum Gasteiger partial charge on any atom is -0.486 e. The van der Waals surface area contributed by atoms with E-state index in [-0.39, 0.29) is 6.54 Å².